The molecule has 2 aliphatic rings. The van der Waals surface area contributed by atoms with Crippen LogP contribution in [0, 0.1) is 5.41 Å². The molecule has 4 nitrogen and oxygen atoms in total. The van der Waals surface area contributed by atoms with Gasteiger partial charge in [0.2, 0.25) is 0 Å². The minimum atomic E-state index is 0.485. The molecule has 1 fully saturated rings. The topological polar surface area (TPSA) is 60.3 Å². The Bertz CT molecular complexity index is 298. The van der Waals surface area contributed by atoms with Gasteiger partial charge in [-0.25, -0.2) is 0 Å². The molecule has 0 saturated carbocycles. The van der Waals surface area contributed by atoms with Crippen molar-refractivity contribution in [1.82, 2.24) is 10.6 Å². The fourth-order valence-electron chi connectivity index (χ4n) is 2.71. The normalized spacial score (nSPS) is 25.7. The maximum absolute atomic E-state index is 7.76. The molecule has 1 saturated heterocycles. The third-order valence-electron chi connectivity index (χ3n) is 3.80. The molecule has 2 rings (SSSR count). The first-order chi connectivity index (χ1) is 8.84. The summed E-state index contributed by atoms with van der Waals surface area (Å²) in [4.78, 5) is 4.58. The van der Waals surface area contributed by atoms with Crippen LogP contribution in [0.15, 0.2) is 4.99 Å². The summed E-state index contributed by atoms with van der Waals surface area (Å²) in [6.07, 6.45) is 10.6. The van der Waals surface area contributed by atoms with E-state index in [1.807, 2.05) is 0 Å². The Balaban J connectivity index is 1.67. The minimum absolute atomic E-state index is 0.485. The van der Waals surface area contributed by atoms with Gasteiger partial charge in [0.25, 0.3) is 0 Å². The molecule has 102 valence electrons. The number of aliphatic imine (C=N–C) groups is 1. The molecule has 3 N–H and O–H groups in total. The van der Waals surface area contributed by atoms with E-state index in [1.54, 1.807) is 0 Å². The maximum atomic E-state index is 7.76. The standard InChI is InChI=1S/C14H26N4/c15-13-7-4-3-6-12(18-13)9-11-17-14-8-2-1-5-10-16-14/h12H,1-11H2,(H2,15,18)(H,16,17). The van der Waals surface area contributed by atoms with E-state index in [0.717, 1.165) is 38.2 Å². The van der Waals surface area contributed by atoms with Gasteiger partial charge in [-0.05, 0) is 32.1 Å². The molecule has 0 aromatic heterocycles. The third-order valence-corrected chi connectivity index (χ3v) is 3.80. The molecule has 18 heavy (non-hydrogen) atoms. The average Bonchev–Trinajstić information content (AvgIpc) is 2.72. The lowest BCUT2D eigenvalue weighted by atomic mass is 10.1. The molecular formula is C14H26N4. The lowest BCUT2D eigenvalue weighted by molar-refractivity contribution is 0.512. The molecule has 1 unspecified atom stereocenters. The lowest BCUT2D eigenvalue weighted by Crippen LogP contribution is -2.36. The van der Waals surface area contributed by atoms with Gasteiger partial charge in [0.1, 0.15) is 0 Å². The number of hydrogen-bond acceptors (Lipinski definition) is 3. The fraction of sp³-hybridized carbons (Fsp3) is 0.857. The van der Waals surface area contributed by atoms with Crippen molar-refractivity contribution in [2.24, 2.45) is 4.99 Å². The van der Waals surface area contributed by atoms with E-state index in [4.69, 9.17) is 5.41 Å². The van der Waals surface area contributed by atoms with Gasteiger partial charge in [-0.2, -0.15) is 0 Å². The lowest BCUT2D eigenvalue weighted by Gasteiger charge is -2.18. The Morgan fingerprint density at radius 1 is 1.17 bits per heavy atom. The predicted molar refractivity (Wildman–Crippen MR) is 76.5 cm³/mol. The average molecular weight is 250 g/mol. The Morgan fingerprint density at radius 2 is 2.06 bits per heavy atom. The Kier molecular flexibility index (Phi) is 5.49. The molecule has 4 heteroatoms. The van der Waals surface area contributed by atoms with Crippen molar-refractivity contribution in [2.75, 3.05) is 13.1 Å². The Morgan fingerprint density at radius 3 is 3.00 bits per heavy atom. The summed E-state index contributed by atoms with van der Waals surface area (Å²) in [6.45, 7) is 1.98. The van der Waals surface area contributed by atoms with E-state index in [2.05, 4.69) is 15.6 Å². The van der Waals surface area contributed by atoms with Gasteiger partial charge in [-0.1, -0.05) is 12.8 Å². The van der Waals surface area contributed by atoms with Crippen molar-refractivity contribution in [3.05, 3.63) is 0 Å². The van der Waals surface area contributed by atoms with Crippen molar-refractivity contribution in [3.8, 4) is 0 Å². The van der Waals surface area contributed by atoms with E-state index >= 15 is 0 Å². The minimum Gasteiger partial charge on any atom is -0.374 e. The molecule has 0 spiro atoms. The second-order valence-corrected chi connectivity index (χ2v) is 5.42. The number of amidine groups is 2. The molecule has 0 bridgehead atoms. The van der Waals surface area contributed by atoms with Gasteiger partial charge in [0, 0.05) is 32.0 Å². The number of nitrogens with one attached hydrogen (secondary N) is 3. The zero-order valence-electron chi connectivity index (χ0n) is 11.3. The number of nitrogens with zero attached hydrogens (tertiary/aromatic N) is 1. The van der Waals surface area contributed by atoms with Gasteiger partial charge < -0.3 is 10.6 Å². The summed E-state index contributed by atoms with van der Waals surface area (Å²) in [7, 11) is 0. The van der Waals surface area contributed by atoms with Crippen LogP contribution in [0.25, 0.3) is 0 Å². The highest BCUT2D eigenvalue weighted by Gasteiger charge is 2.14. The Labute approximate surface area is 110 Å². The van der Waals surface area contributed by atoms with Gasteiger partial charge in [-0.15, -0.1) is 0 Å². The first-order valence-corrected chi connectivity index (χ1v) is 7.46. The molecule has 2 heterocycles. The van der Waals surface area contributed by atoms with Crippen LogP contribution < -0.4 is 10.6 Å². The highest BCUT2D eigenvalue weighted by Crippen LogP contribution is 2.12. The molecule has 0 amide bonds. The predicted octanol–water partition coefficient (Wildman–Crippen LogP) is 2.45. The number of rotatable bonds is 3. The quantitative estimate of drug-likeness (QED) is 0.720. The maximum Gasteiger partial charge on any atom is 0.0963 e. The van der Waals surface area contributed by atoms with Crippen LogP contribution in [0.2, 0.25) is 0 Å². The molecular weight excluding hydrogens is 224 g/mol. The first-order valence-electron chi connectivity index (χ1n) is 7.46. The SMILES string of the molecule is N=C1CCCCC(CCNC2=NCCCCC2)N1. The van der Waals surface area contributed by atoms with Crippen LogP contribution in [0.4, 0.5) is 0 Å². The molecule has 0 aromatic carbocycles. The van der Waals surface area contributed by atoms with Gasteiger partial charge in [0.05, 0.1) is 11.7 Å². The highest BCUT2D eigenvalue weighted by atomic mass is 15.0. The molecule has 2 aliphatic heterocycles. The van der Waals surface area contributed by atoms with Crippen LogP contribution in [0.5, 0.6) is 0 Å². The van der Waals surface area contributed by atoms with E-state index in [0.29, 0.717) is 6.04 Å². The van der Waals surface area contributed by atoms with Gasteiger partial charge in [0.15, 0.2) is 0 Å². The summed E-state index contributed by atoms with van der Waals surface area (Å²) >= 11 is 0. The zero-order chi connectivity index (χ0) is 12.6. The van der Waals surface area contributed by atoms with Crippen molar-refractivity contribution in [3.63, 3.8) is 0 Å². The largest absolute Gasteiger partial charge is 0.374 e. The first kappa shape index (κ1) is 13.4. The molecule has 1 atom stereocenters. The monoisotopic (exact) mass is 250 g/mol. The zero-order valence-corrected chi connectivity index (χ0v) is 11.3. The van der Waals surface area contributed by atoms with Crippen molar-refractivity contribution in [1.29, 1.82) is 5.41 Å². The summed E-state index contributed by atoms with van der Waals surface area (Å²) in [5.41, 5.74) is 0. The summed E-state index contributed by atoms with van der Waals surface area (Å²) < 4.78 is 0. The van der Waals surface area contributed by atoms with Crippen molar-refractivity contribution >= 4 is 11.7 Å². The molecule has 0 radical (unpaired) electrons. The van der Waals surface area contributed by atoms with Gasteiger partial charge in [-0.3, -0.25) is 10.4 Å². The summed E-state index contributed by atoms with van der Waals surface area (Å²) in [6, 6.07) is 0.485. The third kappa shape index (κ3) is 4.67. The smallest absolute Gasteiger partial charge is 0.0963 e. The number of hydrogen-bond donors (Lipinski definition) is 3. The van der Waals surface area contributed by atoms with Crippen molar-refractivity contribution < 1.29 is 0 Å². The van der Waals surface area contributed by atoms with E-state index in [-0.39, 0.29) is 0 Å². The van der Waals surface area contributed by atoms with Crippen molar-refractivity contribution in [2.45, 2.75) is 63.8 Å². The summed E-state index contributed by atoms with van der Waals surface area (Å²) in [5.74, 6) is 1.93. The van der Waals surface area contributed by atoms with Crippen LogP contribution in [-0.2, 0) is 0 Å². The second kappa shape index (κ2) is 7.39. The van der Waals surface area contributed by atoms with Crippen LogP contribution in [0.3, 0.4) is 0 Å². The Hall–Kier alpha value is -1.06. The van der Waals surface area contributed by atoms with Gasteiger partial charge >= 0.3 is 0 Å². The van der Waals surface area contributed by atoms with Crippen LogP contribution in [0.1, 0.15) is 57.8 Å². The van der Waals surface area contributed by atoms with E-state index in [1.165, 1.54) is 44.4 Å². The fourth-order valence-corrected chi connectivity index (χ4v) is 2.71. The second-order valence-electron chi connectivity index (χ2n) is 5.42. The summed E-state index contributed by atoms with van der Waals surface area (Å²) in [5, 5.41) is 14.6. The van der Waals surface area contributed by atoms with Crippen LogP contribution in [-0.4, -0.2) is 30.8 Å². The molecule has 0 aromatic rings. The van der Waals surface area contributed by atoms with Crippen LogP contribution >= 0.6 is 0 Å². The molecule has 0 aliphatic carbocycles. The van der Waals surface area contributed by atoms with E-state index < -0.39 is 0 Å². The van der Waals surface area contributed by atoms with E-state index in [9.17, 15) is 0 Å². The highest BCUT2D eigenvalue weighted by molar-refractivity contribution is 5.82.